The number of amides is 1. The second-order valence-electron chi connectivity index (χ2n) is 5.85. The largest absolute Gasteiger partial charge is 0.470 e. The number of pyridine rings is 1. The average Bonchev–Trinajstić information content (AvgIpc) is 3.15. The molecule has 0 aliphatic carbocycles. The van der Waals surface area contributed by atoms with Gasteiger partial charge < -0.3 is 9.64 Å². The number of aromatic nitrogens is 1. The molecule has 0 radical (unpaired) electrons. The van der Waals surface area contributed by atoms with E-state index in [2.05, 4.69) is 4.98 Å². The van der Waals surface area contributed by atoms with Crippen molar-refractivity contribution in [2.75, 3.05) is 7.05 Å². The molecule has 0 spiro atoms. The number of benzene rings is 1. The number of hydrogen-bond acceptors (Lipinski definition) is 4. The van der Waals surface area contributed by atoms with Crippen LogP contribution in [0.1, 0.15) is 34.5 Å². The lowest BCUT2D eigenvalue weighted by Gasteiger charge is -2.17. The molecule has 2 heterocycles. The quantitative estimate of drug-likeness (QED) is 0.653. The molecule has 3 rings (SSSR count). The Morgan fingerprint density at radius 3 is 2.64 bits per heavy atom. The molecule has 0 bridgehead atoms. The van der Waals surface area contributed by atoms with Gasteiger partial charge in [0.25, 0.3) is 5.91 Å². The molecule has 0 saturated heterocycles. The van der Waals surface area contributed by atoms with E-state index >= 15 is 0 Å². The van der Waals surface area contributed by atoms with Crippen molar-refractivity contribution in [1.29, 1.82) is 0 Å². The number of thiophene rings is 1. The van der Waals surface area contributed by atoms with Crippen molar-refractivity contribution >= 4 is 17.2 Å². The van der Waals surface area contributed by atoms with Gasteiger partial charge in [0.05, 0.1) is 5.56 Å². The van der Waals surface area contributed by atoms with Gasteiger partial charge in [-0.15, -0.1) is 0 Å². The standard InChI is InChI=1S/C20H20N2O2S/c1-15(17-6-4-3-5-7-17)24-19-9-8-18(12-21-19)20(23)22(2)13-16-10-11-25-14-16/h3-12,14-15H,13H2,1-2H3/t15-/m1/s1. The highest BCUT2D eigenvalue weighted by Gasteiger charge is 2.14. The zero-order chi connectivity index (χ0) is 17.6. The van der Waals surface area contributed by atoms with Crippen molar-refractivity contribution in [2.24, 2.45) is 0 Å². The fourth-order valence-corrected chi connectivity index (χ4v) is 3.16. The molecule has 0 aliphatic heterocycles. The molecule has 0 unspecified atom stereocenters. The molecule has 2 aromatic heterocycles. The van der Waals surface area contributed by atoms with Gasteiger partial charge in [-0.05, 0) is 40.9 Å². The summed E-state index contributed by atoms with van der Waals surface area (Å²) in [6.07, 6.45) is 1.47. The number of hydrogen-bond donors (Lipinski definition) is 0. The second-order valence-corrected chi connectivity index (χ2v) is 6.63. The van der Waals surface area contributed by atoms with Crippen molar-refractivity contribution in [2.45, 2.75) is 19.6 Å². The molecule has 128 valence electrons. The number of nitrogens with zero attached hydrogens (tertiary/aromatic N) is 2. The van der Waals surface area contributed by atoms with Crippen molar-refractivity contribution < 1.29 is 9.53 Å². The number of carbonyl (C=O) groups is 1. The predicted octanol–water partition coefficient (Wildman–Crippen LogP) is 4.56. The summed E-state index contributed by atoms with van der Waals surface area (Å²) in [4.78, 5) is 18.4. The summed E-state index contributed by atoms with van der Waals surface area (Å²) in [5, 5.41) is 4.05. The molecule has 25 heavy (non-hydrogen) atoms. The van der Waals surface area contributed by atoms with Gasteiger partial charge in [0.2, 0.25) is 5.88 Å². The number of ether oxygens (including phenoxy) is 1. The summed E-state index contributed by atoms with van der Waals surface area (Å²) < 4.78 is 5.85. The molecular weight excluding hydrogens is 332 g/mol. The molecular formula is C20H20N2O2S. The number of rotatable bonds is 6. The molecule has 1 atom stereocenters. The molecule has 0 aliphatic rings. The molecule has 4 nitrogen and oxygen atoms in total. The minimum Gasteiger partial charge on any atom is -0.470 e. The van der Waals surface area contributed by atoms with Crippen LogP contribution in [0.2, 0.25) is 0 Å². The predicted molar refractivity (Wildman–Crippen MR) is 99.8 cm³/mol. The minimum absolute atomic E-state index is 0.0543. The fourth-order valence-electron chi connectivity index (χ4n) is 2.50. The Labute approximate surface area is 151 Å². The fraction of sp³-hybridized carbons (Fsp3) is 0.200. The van der Waals surface area contributed by atoms with Crippen LogP contribution < -0.4 is 4.74 Å². The van der Waals surface area contributed by atoms with Gasteiger partial charge in [0.15, 0.2) is 0 Å². The molecule has 3 aromatic rings. The van der Waals surface area contributed by atoms with Gasteiger partial charge in [-0.3, -0.25) is 4.79 Å². The Bertz CT molecular complexity index is 801. The molecule has 1 amide bonds. The summed E-state index contributed by atoms with van der Waals surface area (Å²) in [5.74, 6) is 0.453. The first-order chi connectivity index (χ1) is 12.1. The monoisotopic (exact) mass is 352 g/mol. The third-order valence-electron chi connectivity index (χ3n) is 3.90. The molecule has 5 heteroatoms. The first-order valence-electron chi connectivity index (χ1n) is 8.07. The van der Waals surface area contributed by atoms with Gasteiger partial charge >= 0.3 is 0 Å². The Morgan fingerprint density at radius 2 is 2.00 bits per heavy atom. The van der Waals surface area contributed by atoms with E-state index in [1.54, 1.807) is 41.6 Å². The van der Waals surface area contributed by atoms with Crippen LogP contribution in [-0.2, 0) is 6.54 Å². The summed E-state index contributed by atoms with van der Waals surface area (Å²) in [6, 6.07) is 15.5. The normalized spacial score (nSPS) is 11.8. The Kier molecular flexibility index (Phi) is 5.46. The topological polar surface area (TPSA) is 42.4 Å². The third-order valence-corrected chi connectivity index (χ3v) is 4.63. The van der Waals surface area contributed by atoms with Crippen molar-refractivity contribution in [3.8, 4) is 5.88 Å². The summed E-state index contributed by atoms with van der Waals surface area (Å²) >= 11 is 1.63. The van der Waals surface area contributed by atoms with Crippen LogP contribution >= 0.6 is 11.3 Å². The van der Waals surface area contributed by atoms with Gasteiger partial charge in [0, 0.05) is 25.9 Å². The first-order valence-corrected chi connectivity index (χ1v) is 9.02. The minimum atomic E-state index is -0.100. The van der Waals surface area contributed by atoms with Crippen LogP contribution in [-0.4, -0.2) is 22.8 Å². The van der Waals surface area contributed by atoms with Gasteiger partial charge in [-0.1, -0.05) is 30.3 Å². The summed E-state index contributed by atoms with van der Waals surface area (Å²) in [7, 11) is 1.79. The smallest absolute Gasteiger partial charge is 0.255 e. The zero-order valence-corrected chi connectivity index (χ0v) is 15.1. The molecule has 1 aromatic carbocycles. The number of carbonyl (C=O) groups excluding carboxylic acids is 1. The lowest BCUT2D eigenvalue weighted by atomic mass is 10.1. The highest BCUT2D eigenvalue weighted by atomic mass is 32.1. The summed E-state index contributed by atoms with van der Waals surface area (Å²) in [6.45, 7) is 2.57. The van der Waals surface area contributed by atoms with E-state index < -0.39 is 0 Å². The van der Waals surface area contributed by atoms with E-state index in [4.69, 9.17) is 4.74 Å². The lowest BCUT2D eigenvalue weighted by molar-refractivity contribution is 0.0784. The third kappa shape index (κ3) is 4.45. The van der Waals surface area contributed by atoms with Crippen LogP contribution in [0, 0.1) is 0 Å². The Hall–Kier alpha value is -2.66. The molecule has 0 saturated carbocycles. The lowest BCUT2D eigenvalue weighted by Crippen LogP contribution is -2.26. The van der Waals surface area contributed by atoms with Crippen LogP contribution in [0.25, 0.3) is 0 Å². The maximum Gasteiger partial charge on any atom is 0.255 e. The van der Waals surface area contributed by atoms with Crippen LogP contribution in [0.3, 0.4) is 0 Å². The maximum absolute atomic E-state index is 12.5. The van der Waals surface area contributed by atoms with Gasteiger partial charge in [-0.2, -0.15) is 11.3 Å². The molecule has 0 N–H and O–H groups in total. The summed E-state index contributed by atoms with van der Waals surface area (Å²) in [5.41, 5.74) is 2.77. The van der Waals surface area contributed by atoms with E-state index in [1.807, 2.05) is 54.1 Å². The highest BCUT2D eigenvalue weighted by Crippen LogP contribution is 2.20. The van der Waals surface area contributed by atoms with Crippen molar-refractivity contribution in [3.63, 3.8) is 0 Å². The first kappa shape index (κ1) is 17.2. The van der Waals surface area contributed by atoms with Gasteiger partial charge in [0.1, 0.15) is 6.10 Å². The van der Waals surface area contributed by atoms with E-state index in [0.29, 0.717) is 18.0 Å². The average molecular weight is 352 g/mol. The van der Waals surface area contributed by atoms with Crippen molar-refractivity contribution in [3.05, 3.63) is 82.2 Å². The van der Waals surface area contributed by atoms with Crippen LogP contribution in [0.4, 0.5) is 0 Å². The van der Waals surface area contributed by atoms with Crippen LogP contribution in [0.15, 0.2) is 65.5 Å². The van der Waals surface area contributed by atoms with E-state index in [-0.39, 0.29) is 12.0 Å². The Balaban J connectivity index is 1.62. The highest BCUT2D eigenvalue weighted by molar-refractivity contribution is 7.07. The van der Waals surface area contributed by atoms with E-state index in [1.165, 1.54) is 0 Å². The van der Waals surface area contributed by atoms with E-state index in [9.17, 15) is 4.79 Å². The SMILES string of the molecule is C[C@@H](Oc1ccc(C(=O)N(C)Cc2ccsc2)cn1)c1ccccc1. The van der Waals surface area contributed by atoms with Gasteiger partial charge in [-0.25, -0.2) is 4.98 Å². The maximum atomic E-state index is 12.5. The van der Waals surface area contributed by atoms with Crippen molar-refractivity contribution in [1.82, 2.24) is 9.88 Å². The Morgan fingerprint density at radius 1 is 1.20 bits per heavy atom. The zero-order valence-electron chi connectivity index (χ0n) is 14.3. The molecule has 0 fully saturated rings. The van der Waals surface area contributed by atoms with E-state index in [0.717, 1.165) is 11.1 Å². The van der Waals surface area contributed by atoms with Crippen LogP contribution in [0.5, 0.6) is 5.88 Å². The second kappa shape index (κ2) is 7.94.